The van der Waals surface area contributed by atoms with E-state index in [4.69, 9.17) is 17.4 Å². The van der Waals surface area contributed by atoms with Crippen molar-refractivity contribution in [3.63, 3.8) is 0 Å². The van der Waals surface area contributed by atoms with Gasteiger partial charge in [-0.1, -0.05) is 21.2 Å². The first-order valence-corrected chi connectivity index (χ1v) is 6.96. The summed E-state index contributed by atoms with van der Waals surface area (Å²) in [7, 11) is -3.83. The van der Waals surface area contributed by atoms with Crippen LogP contribution in [0.5, 0.6) is 0 Å². The molecule has 2 aromatic rings. The van der Waals surface area contributed by atoms with Crippen LogP contribution in [-0.2, 0) is 10.0 Å². The van der Waals surface area contributed by atoms with Crippen LogP contribution in [0.15, 0.2) is 17.2 Å². The minimum Gasteiger partial charge on any atom is -0.307 e. The van der Waals surface area contributed by atoms with Gasteiger partial charge in [-0.15, -0.1) is 0 Å². The standard InChI is InChI=1S/C6H6ClN7O2S2/c7-4-1-3(2-9-5(4)10-8)18(15,16)12-6-11-13-14-17-6/h1-2H,8H2,(H,9,10)(H,11,12,14). The summed E-state index contributed by atoms with van der Waals surface area (Å²) in [5.41, 5.74) is 2.23. The summed E-state index contributed by atoms with van der Waals surface area (Å²) in [6.45, 7) is 0. The highest BCUT2D eigenvalue weighted by molar-refractivity contribution is 7.93. The summed E-state index contributed by atoms with van der Waals surface area (Å²) in [6, 6.07) is 1.21. The molecule has 9 nitrogen and oxygen atoms in total. The molecule has 2 rings (SSSR count). The van der Waals surface area contributed by atoms with E-state index in [2.05, 4.69) is 29.9 Å². The van der Waals surface area contributed by atoms with Gasteiger partial charge in [0.05, 0.1) is 5.02 Å². The van der Waals surface area contributed by atoms with Gasteiger partial charge in [-0.25, -0.2) is 19.2 Å². The number of nitrogen functional groups attached to an aromatic ring is 1. The number of hydrogen-bond donors (Lipinski definition) is 3. The Morgan fingerprint density at radius 2 is 2.22 bits per heavy atom. The van der Waals surface area contributed by atoms with E-state index in [1.54, 1.807) is 0 Å². The first-order chi connectivity index (χ1) is 8.53. The molecule has 0 bridgehead atoms. The molecule has 0 fully saturated rings. The summed E-state index contributed by atoms with van der Waals surface area (Å²) >= 11 is 6.59. The fraction of sp³-hybridized carbons (Fsp3) is 0. The summed E-state index contributed by atoms with van der Waals surface area (Å²) in [5.74, 6) is 5.31. The lowest BCUT2D eigenvalue weighted by Gasteiger charge is -2.06. The van der Waals surface area contributed by atoms with E-state index >= 15 is 0 Å². The lowest BCUT2D eigenvalue weighted by atomic mass is 10.5. The van der Waals surface area contributed by atoms with Gasteiger partial charge in [-0.3, -0.25) is 4.72 Å². The van der Waals surface area contributed by atoms with E-state index in [0.29, 0.717) is 0 Å². The minimum absolute atomic E-state index is 0.0483. The van der Waals surface area contributed by atoms with E-state index in [0.717, 1.165) is 17.7 Å². The smallest absolute Gasteiger partial charge is 0.265 e. The maximum absolute atomic E-state index is 11.9. The van der Waals surface area contributed by atoms with E-state index in [1.807, 2.05) is 0 Å². The Balaban J connectivity index is 2.33. The highest BCUT2D eigenvalue weighted by Crippen LogP contribution is 2.23. The van der Waals surface area contributed by atoms with Crippen LogP contribution < -0.4 is 16.0 Å². The monoisotopic (exact) mass is 307 g/mol. The van der Waals surface area contributed by atoms with Gasteiger partial charge >= 0.3 is 0 Å². The molecule has 0 unspecified atom stereocenters. The van der Waals surface area contributed by atoms with Crippen LogP contribution >= 0.6 is 23.1 Å². The van der Waals surface area contributed by atoms with Crippen molar-refractivity contribution in [1.82, 2.24) is 19.8 Å². The largest absolute Gasteiger partial charge is 0.307 e. The van der Waals surface area contributed by atoms with E-state index in [-0.39, 0.29) is 20.9 Å². The number of hydrogen-bond acceptors (Lipinski definition) is 9. The zero-order valence-electron chi connectivity index (χ0n) is 8.53. The molecule has 0 aliphatic heterocycles. The molecule has 2 aromatic heterocycles. The summed E-state index contributed by atoms with van der Waals surface area (Å²) in [5, 5.41) is 6.86. The molecule has 0 saturated heterocycles. The Morgan fingerprint density at radius 1 is 1.44 bits per heavy atom. The SMILES string of the molecule is NNc1ncc(S(=O)(=O)Nc2nnns2)cc1Cl. The molecule has 12 heteroatoms. The van der Waals surface area contributed by atoms with Gasteiger partial charge in [-0.05, 0) is 11.3 Å². The Hall–Kier alpha value is -1.56. The van der Waals surface area contributed by atoms with Gasteiger partial charge in [0, 0.05) is 17.7 Å². The summed E-state index contributed by atoms with van der Waals surface area (Å²) in [6.07, 6.45) is 1.11. The van der Waals surface area contributed by atoms with Gasteiger partial charge in [0.2, 0.25) is 5.13 Å². The zero-order chi connectivity index (χ0) is 13.2. The average Bonchev–Trinajstić information content (AvgIpc) is 2.81. The zero-order valence-corrected chi connectivity index (χ0v) is 10.9. The number of nitrogens with one attached hydrogen (secondary N) is 2. The van der Waals surface area contributed by atoms with Gasteiger partial charge in [0.25, 0.3) is 10.0 Å². The highest BCUT2D eigenvalue weighted by Gasteiger charge is 2.18. The van der Waals surface area contributed by atoms with Crippen LogP contribution in [0.3, 0.4) is 0 Å². The number of rotatable bonds is 4. The first-order valence-electron chi connectivity index (χ1n) is 4.33. The second-order valence-corrected chi connectivity index (χ2v) is 5.74. The molecule has 0 aromatic carbocycles. The Morgan fingerprint density at radius 3 is 2.78 bits per heavy atom. The maximum atomic E-state index is 11.9. The number of nitrogens with zero attached hydrogens (tertiary/aromatic N) is 4. The van der Waals surface area contributed by atoms with Gasteiger partial charge in [0.1, 0.15) is 4.90 Å². The Labute approximate surface area is 111 Å². The number of sulfonamides is 1. The number of hydrazine groups is 1. The normalized spacial score (nSPS) is 11.2. The summed E-state index contributed by atoms with van der Waals surface area (Å²) in [4.78, 5) is 3.63. The van der Waals surface area contributed by atoms with Crippen molar-refractivity contribution in [3.05, 3.63) is 17.3 Å². The molecule has 0 aliphatic carbocycles. The molecular formula is C6H6ClN7O2S2. The third-order valence-electron chi connectivity index (χ3n) is 1.78. The Bertz CT molecular complexity index is 644. The molecule has 2 heterocycles. The molecule has 0 atom stereocenters. The lowest BCUT2D eigenvalue weighted by Crippen LogP contribution is -2.14. The molecule has 0 saturated carbocycles. The average molecular weight is 308 g/mol. The Kier molecular flexibility index (Phi) is 3.56. The number of nitrogens with two attached hydrogens (primary N) is 1. The van der Waals surface area contributed by atoms with E-state index < -0.39 is 10.0 Å². The van der Waals surface area contributed by atoms with Crippen LogP contribution in [0.25, 0.3) is 0 Å². The molecule has 0 amide bonds. The topological polar surface area (TPSA) is 136 Å². The number of pyridine rings is 1. The molecule has 0 radical (unpaired) electrons. The predicted octanol–water partition coefficient (Wildman–Crippen LogP) is 0.0679. The van der Waals surface area contributed by atoms with Crippen LogP contribution in [-0.4, -0.2) is 28.2 Å². The van der Waals surface area contributed by atoms with Crippen molar-refractivity contribution in [2.45, 2.75) is 4.90 Å². The van der Waals surface area contributed by atoms with Crippen molar-refractivity contribution >= 4 is 44.1 Å². The van der Waals surface area contributed by atoms with Crippen LogP contribution in [0, 0.1) is 0 Å². The maximum Gasteiger partial charge on any atom is 0.265 e. The molecule has 0 spiro atoms. The first kappa shape index (κ1) is 12.9. The molecular weight excluding hydrogens is 302 g/mol. The second-order valence-electron chi connectivity index (χ2n) is 2.92. The number of anilines is 2. The molecule has 96 valence electrons. The van der Waals surface area contributed by atoms with Gasteiger partial charge in [0.15, 0.2) is 5.82 Å². The fourth-order valence-corrected chi connectivity index (χ4v) is 2.86. The third-order valence-corrected chi connectivity index (χ3v) is 4.02. The number of aromatic nitrogens is 4. The third kappa shape index (κ3) is 2.64. The van der Waals surface area contributed by atoms with Crippen LogP contribution in [0.1, 0.15) is 0 Å². The van der Waals surface area contributed by atoms with Gasteiger partial charge < -0.3 is 5.43 Å². The molecule has 18 heavy (non-hydrogen) atoms. The van der Waals surface area contributed by atoms with Crippen molar-refractivity contribution in [3.8, 4) is 0 Å². The van der Waals surface area contributed by atoms with Crippen LogP contribution in [0.4, 0.5) is 10.9 Å². The van der Waals surface area contributed by atoms with Gasteiger partial charge in [-0.2, -0.15) is 0 Å². The molecule has 4 N–H and O–H groups in total. The van der Waals surface area contributed by atoms with Crippen molar-refractivity contribution in [1.29, 1.82) is 0 Å². The highest BCUT2D eigenvalue weighted by atomic mass is 35.5. The molecule has 0 aliphatic rings. The van der Waals surface area contributed by atoms with Crippen molar-refractivity contribution in [2.75, 3.05) is 10.1 Å². The minimum atomic E-state index is -3.83. The number of halogens is 1. The van der Waals surface area contributed by atoms with Crippen molar-refractivity contribution < 1.29 is 8.42 Å². The quantitative estimate of drug-likeness (QED) is 0.533. The van der Waals surface area contributed by atoms with Crippen molar-refractivity contribution in [2.24, 2.45) is 5.84 Å². The predicted molar refractivity (Wildman–Crippen MR) is 65.6 cm³/mol. The van der Waals surface area contributed by atoms with Crippen LogP contribution in [0.2, 0.25) is 5.02 Å². The van der Waals surface area contributed by atoms with E-state index in [9.17, 15) is 8.42 Å². The second kappa shape index (κ2) is 4.97. The fourth-order valence-electron chi connectivity index (χ4n) is 1.02. The van der Waals surface area contributed by atoms with E-state index in [1.165, 1.54) is 6.07 Å². The lowest BCUT2D eigenvalue weighted by molar-refractivity contribution is 0.600. The summed E-state index contributed by atoms with van der Waals surface area (Å²) < 4.78 is 29.4.